The number of nitrogens with zero attached hydrogens (tertiary/aromatic N) is 1. The highest BCUT2D eigenvalue weighted by atomic mass is 19.1. The van der Waals surface area contributed by atoms with E-state index in [1.165, 1.54) is 23.1 Å². The van der Waals surface area contributed by atoms with Crippen molar-refractivity contribution in [3.8, 4) is 17.2 Å². The second-order valence-corrected chi connectivity index (χ2v) is 8.16. The van der Waals surface area contributed by atoms with E-state index >= 15 is 0 Å². The number of ether oxygens (including phenoxy) is 2. The third-order valence-electron chi connectivity index (χ3n) is 6.04. The van der Waals surface area contributed by atoms with Crippen molar-refractivity contribution in [2.24, 2.45) is 0 Å². The molecule has 178 valence electrons. The van der Waals surface area contributed by atoms with E-state index < -0.39 is 23.2 Å². The van der Waals surface area contributed by atoms with Gasteiger partial charge in [0.05, 0.1) is 30.7 Å². The first kappa shape index (κ1) is 22.5. The number of halogens is 1. The summed E-state index contributed by atoms with van der Waals surface area (Å²) in [5.41, 5.74) is 1.13. The first-order valence-electron chi connectivity index (χ1n) is 11.1. The average Bonchev–Trinajstić information content (AvgIpc) is 3.13. The molecule has 1 aliphatic heterocycles. The second kappa shape index (κ2) is 8.79. The molecule has 1 atom stereocenters. The zero-order valence-corrected chi connectivity index (χ0v) is 19.1. The van der Waals surface area contributed by atoms with Gasteiger partial charge in [-0.3, -0.25) is 9.59 Å². The standard InChI is InChI=1S/C27H22FNO6/c1-3-34-22-12-16(6-10-20(22)30)24-23-25(31)19-13-17(28)7-11-21(19)35-26(23)27(32)29(24)14-15-4-8-18(33-2)9-5-15/h4-13,24,30H,3,14H2,1-2H3. The summed E-state index contributed by atoms with van der Waals surface area (Å²) in [6.07, 6.45) is 0. The Morgan fingerprint density at radius 3 is 2.54 bits per heavy atom. The topological polar surface area (TPSA) is 89.2 Å². The minimum atomic E-state index is -0.830. The van der Waals surface area contributed by atoms with Crippen LogP contribution in [0.3, 0.4) is 0 Å². The number of fused-ring (bicyclic) bond motifs is 2. The molecule has 8 heteroatoms. The van der Waals surface area contributed by atoms with Crippen LogP contribution in [0.25, 0.3) is 11.0 Å². The minimum Gasteiger partial charge on any atom is -0.504 e. The normalized spacial score (nSPS) is 14.9. The summed E-state index contributed by atoms with van der Waals surface area (Å²) in [6, 6.07) is 14.7. The molecule has 7 nitrogen and oxygen atoms in total. The maximum Gasteiger partial charge on any atom is 0.291 e. The number of carbonyl (C=O) groups is 1. The van der Waals surface area contributed by atoms with Crippen molar-refractivity contribution in [3.05, 3.63) is 99.2 Å². The Labute approximate surface area is 199 Å². The molecule has 2 heterocycles. The van der Waals surface area contributed by atoms with Crippen molar-refractivity contribution in [2.45, 2.75) is 19.5 Å². The Hall–Kier alpha value is -4.33. The molecule has 1 aliphatic rings. The van der Waals surface area contributed by atoms with Crippen LogP contribution >= 0.6 is 0 Å². The summed E-state index contributed by atoms with van der Waals surface area (Å²) in [5.74, 6) is -0.287. The van der Waals surface area contributed by atoms with E-state index in [0.29, 0.717) is 17.9 Å². The molecule has 1 N–H and O–H groups in total. The van der Waals surface area contributed by atoms with Crippen molar-refractivity contribution < 1.29 is 28.2 Å². The molecule has 1 amide bonds. The zero-order valence-electron chi connectivity index (χ0n) is 19.1. The molecule has 35 heavy (non-hydrogen) atoms. The highest BCUT2D eigenvalue weighted by Crippen LogP contribution is 2.41. The largest absolute Gasteiger partial charge is 0.504 e. The summed E-state index contributed by atoms with van der Waals surface area (Å²) in [4.78, 5) is 28.6. The minimum absolute atomic E-state index is 0.0525. The number of hydrogen-bond donors (Lipinski definition) is 1. The van der Waals surface area contributed by atoms with Gasteiger partial charge < -0.3 is 23.9 Å². The van der Waals surface area contributed by atoms with Crippen LogP contribution in [0.5, 0.6) is 17.2 Å². The number of aromatic hydroxyl groups is 1. The van der Waals surface area contributed by atoms with Crippen LogP contribution in [0.4, 0.5) is 4.39 Å². The molecule has 5 rings (SSSR count). The van der Waals surface area contributed by atoms with Crippen molar-refractivity contribution in [3.63, 3.8) is 0 Å². The molecule has 1 aromatic heterocycles. The maximum absolute atomic E-state index is 14.0. The molecule has 0 fully saturated rings. The Morgan fingerprint density at radius 2 is 1.83 bits per heavy atom. The van der Waals surface area contributed by atoms with Gasteiger partial charge in [-0.1, -0.05) is 18.2 Å². The monoisotopic (exact) mass is 475 g/mol. The molecule has 0 saturated heterocycles. The number of phenols is 1. The first-order valence-corrected chi connectivity index (χ1v) is 11.1. The van der Waals surface area contributed by atoms with Gasteiger partial charge in [-0.05, 0) is 60.5 Å². The average molecular weight is 475 g/mol. The lowest BCUT2D eigenvalue weighted by Crippen LogP contribution is -2.29. The van der Waals surface area contributed by atoms with E-state index in [1.54, 1.807) is 38.3 Å². The van der Waals surface area contributed by atoms with Gasteiger partial charge in [0.25, 0.3) is 5.91 Å². The van der Waals surface area contributed by atoms with Crippen molar-refractivity contribution >= 4 is 16.9 Å². The van der Waals surface area contributed by atoms with Gasteiger partial charge in [0.15, 0.2) is 16.9 Å². The molecule has 0 bridgehead atoms. The van der Waals surface area contributed by atoms with Gasteiger partial charge in [0, 0.05) is 6.54 Å². The van der Waals surface area contributed by atoms with Crippen LogP contribution in [-0.2, 0) is 6.54 Å². The molecule has 1 unspecified atom stereocenters. The number of amides is 1. The maximum atomic E-state index is 14.0. The predicted octanol–water partition coefficient (Wildman–Crippen LogP) is 4.79. The molecular weight excluding hydrogens is 453 g/mol. The van der Waals surface area contributed by atoms with Crippen LogP contribution in [0.15, 0.2) is 69.9 Å². The SMILES string of the molecule is CCOc1cc(C2c3c(oc4ccc(F)cc4c3=O)C(=O)N2Cc2ccc(OC)cc2)ccc1O. The highest BCUT2D eigenvalue weighted by molar-refractivity contribution is 5.99. The third-order valence-corrected chi connectivity index (χ3v) is 6.04. The Balaban J connectivity index is 1.70. The molecule has 0 saturated carbocycles. The Bertz CT molecular complexity index is 1490. The van der Waals surface area contributed by atoms with Crippen LogP contribution in [0.1, 0.15) is 40.2 Å². The van der Waals surface area contributed by atoms with Gasteiger partial charge in [-0.2, -0.15) is 0 Å². The summed E-state index contributed by atoms with van der Waals surface area (Å²) in [7, 11) is 1.57. The Kier molecular flexibility index (Phi) is 5.64. The molecule has 4 aromatic rings. The lowest BCUT2D eigenvalue weighted by atomic mass is 9.97. The number of hydrogen-bond acceptors (Lipinski definition) is 6. The van der Waals surface area contributed by atoms with Gasteiger partial charge >= 0.3 is 0 Å². The highest BCUT2D eigenvalue weighted by Gasteiger charge is 2.43. The van der Waals surface area contributed by atoms with E-state index in [4.69, 9.17) is 13.9 Å². The first-order chi connectivity index (χ1) is 16.9. The van der Waals surface area contributed by atoms with E-state index in [9.17, 15) is 19.1 Å². The summed E-state index contributed by atoms with van der Waals surface area (Å²) in [6.45, 7) is 2.28. The molecule has 0 radical (unpaired) electrons. The molecular formula is C27H22FNO6. The third kappa shape index (κ3) is 3.86. The fraction of sp³-hybridized carbons (Fsp3) is 0.185. The van der Waals surface area contributed by atoms with E-state index in [0.717, 1.165) is 11.6 Å². The molecule has 0 spiro atoms. The van der Waals surface area contributed by atoms with E-state index in [-0.39, 0.29) is 40.3 Å². The molecule has 0 aliphatic carbocycles. The number of carbonyl (C=O) groups excluding carboxylic acids is 1. The number of methoxy groups -OCH3 is 1. The van der Waals surface area contributed by atoms with Crippen LogP contribution in [0, 0.1) is 5.82 Å². The van der Waals surface area contributed by atoms with Gasteiger partial charge in [0.1, 0.15) is 17.1 Å². The molecule has 3 aromatic carbocycles. The van der Waals surface area contributed by atoms with Gasteiger partial charge in [-0.25, -0.2) is 4.39 Å². The van der Waals surface area contributed by atoms with E-state index in [1.807, 2.05) is 12.1 Å². The zero-order chi connectivity index (χ0) is 24.7. The predicted molar refractivity (Wildman–Crippen MR) is 126 cm³/mol. The summed E-state index contributed by atoms with van der Waals surface area (Å²) < 4.78 is 30.6. The van der Waals surface area contributed by atoms with Crippen LogP contribution in [0.2, 0.25) is 0 Å². The number of benzene rings is 3. The fourth-order valence-corrected chi connectivity index (χ4v) is 4.40. The summed E-state index contributed by atoms with van der Waals surface area (Å²) >= 11 is 0. The Morgan fingerprint density at radius 1 is 1.06 bits per heavy atom. The lowest BCUT2D eigenvalue weighted by molar-refractivity contribution is 0.0714. The lowest BCUT2D eigenvalue weighted by Gasteiger charge is -2.26. The van der Waals surface area contributed by atoms with Crippen molar-refractivity contribution in [1.82, 2.24) is 4.90 Å². The smallest absolute Gasteiger partial charge is 0.291 e. The van der Waals surface area contributed by atoms with Crippen LogP contribution < -0.4 is 14.9 Å². The van der Waals surface area contributed by atoms with E-state index in [2.05, 4.69) is 0 Å². The summed E-state index contributed by atoms with van der Waals surface area (Å²) in [5, 5.41) is 10.2. The number of rotatable bonds is 6. The quantitative estimate of drug-likeness (QED) is 0.431. The fourth-order valence-electron chi connectivity index (χ4n) is 4.40. The second-order valence-electron chi connectivity index (χ2n) is 8.16. The van der Waals surface area contributed by atoms with Crippen molar-refractivity contribution in [2.75, 3.05) is 13.7 Å². The number of phenolic OH excluding ortho intramolecular Hbond substituents is 1. The van der Waals surface area contributed by atoms with Gasteiger partial charge in [0.2, 0.25) is 5.76 Å². The van der Waals surface area contributed by atoms with Crippen LogP contribution in [-0.4, -0.2) is 29.6 Å². The van der Waals surface area contributed by atoms with Crippen molar-refractivity contribution in [1.29, 1.82) is 0 Å². The van der Waals surface area contributed by atoms with Gasteiger partial charge in [-0.15, -0.1) is 0 Å².